The lowest BCUT2D eigenvalue weighted by molar-refractivity contribution is -0.139. The number of esters is 3. The fourth-order valence-corrected chi connectivity index (χ4v) is 4.58. The number of carbonyl (C=O) groups is 3. The molecule has 1 heterocycles. The summed E-state index contributed by atoms with van der Waals surface area (Å²) < 4.78 is 29.0. The summed E-state index contributed by atoms with van der Waals surface area (Å²) in [6.07, 6.45) is 0. The number of hydrogen-bond donors (Lipinski definition) is 1. The fraction of sp³-hybridized carbons (Fsp3) is 0.133. The molecule has 0 aromatic heterocycles. The van der Waals surface area contributed by atoms with Gasteiger partial charge in [-0.1, -0.05) is 48.5 Å². The van der Waals surface area contributed by atoms with Gasteiger partial charge in [-0.05, 0) is 41.0 Å². The smallest absolute Gasteiger partial charge is 0.355 e. The molecule has 4 rings (SSSR count). The average molecular weight is 542 g/mol. The SMILES string of the molecule is COC(=O)C1=C(C(=O)OC)N(c2cccc(-c3ccc(F)c(C(=O)OC)c3)c2)C(N)=C(C#N)C1c1ccccc1. The van der Waals surface area contributed by atoms with Crippen LogP contribution in [0.5, 0.6) is 0 Å². The van der Waals surface area contributed by atoms with Crippen LogP contribution in [0.3, 0.4) is 0 Å². The summed E-state index contributed by atoms with van der Waals surface area (Å²) in [5, 5.41) is 10.2. The predicted octanol–water partition coefficient (Wildman–Crippen LogP) is 4.18. The quantitative estimate of drug-likeness (QED) is 0.361. The maximum atomic E-state index is 14.3. The minimum absolute atomic E-state index is 0.0133. The minimum atomic E-state index is -1.01. The molecule has 1 atom stereocenters. The topological polar surface area (TPSA) is 132 Å². The van der Waals surface area contributed by atoms with E-state index in [1.807, 2.05) is 0 Å². The van der Waals surface area contributed by atoms with Crippen LogP contribution in [0.1, 0.15) is 21.8 Å². The van der Waals surface area contributed by atoms with Gasteiger partial charge in [-0.2, -0.15) is 5.26 Å². The molecule has 0 amide bonds. The van der Waals surface area contributed by atoms with E-state index in [1.165, 1.54) is 24.1 Å². The molecule has 3 aromatic carbocycles. The van der Waals surface area contributed by atoms with Gasteiger partial charge in [0.1, 0.15) is 17.3 Å². The highest BCUT2D eigenvalue weighted by Crippen LogP contribution is 2.43. The molecule has 40 heavy (non-hydrogen) atoms. The maximum absolute atomic E-state index is 14.3. The lowest BCUT2D eigenvalue weighted by Gasteiger charge is -2.36. The third-order valence-corrected chi connectivity index (χ3v) is 6.42. The number of carbonyl (C=O) groups excluding carboxylic acids is 3. The Bertz CT molecular complexity index is 1610. The molecule has 202 valence electrons. The van der Waals surface area contributed by atoms with Crippen LogP contribution in [0.15, 0.2) is 95.5 Å². The van der Waals surface area contributed by atoms with E-state index in [1.54, 1.807) is 54.6 Å². The number of allylic oxidation sites excluding steroid dienone is 1. The first kappa shape index (κ1) is 27.6. The molecule has 9 nitrogen and oxygen atoms in total. The first-order chi connectivity index (χ1) is 19.3. The number of halogens is 1. The summed E-state index contributed by atoms with van der Waals surface area (Å²) in [6, 6.07) is 21.2. The largest absolute Gasteiger partial charge is 0.466 e. The second-order valence-corrected chi connectivity index (χ2v) is 8.57. The highest BCUT2D eigenvalue weighted by molar-refractivity contribution is 6.06. The van der Waals surface area contributed by atoms with Crippen LogP contribution in [-0.4, -0.2) is 39.2 Å². The number of nitriles is 1. The fourth-order valence-electron chi connectivity index (χ4n) is 4.58. The molecule has 0 saturated heterocycles. The normalized spacial score (nSPS) is 14.9. The van der Waals surface area contributed by atoms with Gasteiger partial charge in [0.05, 0.1) is 50.0 Å². The molecule has 0 fully saturated rings. The lowest BCUT2D eigenvalue weighted by Crippen LogP contribution is -2.40. The molecular formula is C30H24FN3O6. The van der Waals surface area contributed by atoms with Crippen molar-refractivity contribution in [2.45, 2.75) is 5.92 Å². The van der Waals surface area contributed by atoms with Crippen LogP contribution >= 0.6 is 0 Å². The predicted molar refractivity (Wildman–Crippen MR) is 143 cm³/mol. The summed E-state index contributed by atoms with van der Waals surface area (Å²) >= 11 is 0. The van der Waals surface area contributed by atoms with Gasteiger partial charge >= 0.3 is 17.9 Å². The van der Waals surface area contributed by atoms with Crippen molar-refractivity contribution in [3.05, 3.63) is 112 Å². The number of methoxy groups -OCH3 is 3. The Morgan fingerprint density at radius 2 is 1.50 bits per heavy atom. The van der Waals surface area contributed by atoms with Crippen molar-refractivity contribution in [1.29, 1.82) is 5.26 Å². The lowest BCUT2D eigenvalue weighted by atomic mass is 9.81. The van der Waals surface area contributed by atoms with E-state index in [9.17, 15) is 24.0 Å². The van der Waals surface area contributed by atoms with Crippen LogP contribution in [0.2, 0.25) is 0 Å². The second kappa shape index (κ2) is 11.5. The molecule has 0 radical (unpaired) electrons. The Morgan fingerprint density at radius 3 is 2.12 bits per heavy atom. The standard InChI is InChI=1S/C30H24FN3O6/c1-38-28(35)21-15-19(12-13-23(21)31)18-10-7-11-20(14-18)34-26(30(37)40-3)25(29(36)39-2)24(22(16-32)27(34)33)17-8-5-4-6-9-17/h4-15,24H,33H2,1-3H3. The molecule has 10 heteroatoms. The number of hydrogen-bond acceptors (Lipinski definition) is 9. The van der Waals surface area contributed by atoms with Crippen LogP contribution in [0, 0.1) is 17.1 Å². The number of rotatable bonds is 6. The van der Waals surface area contributed by atoms with Gasteiger partial charge in [-0.15, -0.1) is 0 Å². The van der Waals surface area contributed by atoms with Crippen molar-refractivity contribution in [2.75, 3.05) is 26.2 Å². The van der Waals surface area contributed by atoms with Crippen molar-refractivity contribution in [3.63, 3.8) is 0 Å². The Kier molecular flexibility index (Phi) is 7.96. The number of ether oxygens (including phenoxy) is 3. The molecule has 0 aliphatic carbocycles. The zero-order valence-corrected chi connectivity index (χ0v) is 21.8. The zero-order valence-electron chi connectivity index (χ0n) is 21.8. The molecule has 0 spiro atoms. The van der Waals surface area contributed by atoms with Crippen LogP contribution in [0.25, 0.3) is 11.1 Å². The molecule has 1 unspecified atom stereocenters. The summed E-state index contributed by atoms with van der Waals surface area (Å²) in [5.74, 6) is -4.44. The number of benzene rings is 3. The maximum Gasteiger partial charge on any atom is 0.355 e. The monoisotopic (exact) mass is 541 g/mol. The first-order valence-electron chi connectivity index (χ1n) is 11.9. The van der Waals surface area contributed by atoms with Gasteiger partial charge in [0.25, 0.3) is 0 Å². The number of nitrogens with two attached hydrogens (primary N) is 1. The van der Waals surface area contributed by atoms with Gasteiger partial charge in [-0.25, -0.2) is 18.8 Å². The van der Waals surface area contributed by atoms with Crippen molar-refractivity contribution in [2.24, 2.45) is 5.73 Å². The van der Waals surface area contributed by atoms with Gasteiger partial charge in [-0.3, -0.25) is 4.90 Å². The summed E-state index contributed by atoms with van der Waals surface area (Å²) in [5.41, 5.74) is 7.75. The molecule has 1 aliphatic heterocycles. The van der Waals surface area contributed by atoms with Gasteiger partial charge in [0, 0.05) is 5.69 Å². The third kappa shape index (κ3) is 4.88. The van der Waals surface area contributed by atoms with Crippen molar-refractivity contribution >= 4 is 23.6 Å². The van der Waals surface area contributed by atoms with E-state index in [2.05, 4.69) is 10.8 Å². The number of anilines is 1. The van der Waals surface area contributed by atoms with E-state index >= 15 is 0 Å². The Balaban J connectivity index is 1.98. The molecule has 2 N–H and O–H groups in total. The van der Waals surface area contributed by atoms with Crippen molar-refractivity contribution in [3.8, 4) is 17.2 Å². The Labute approximate surface area is 229 Å². The highest BCUT2D eigenvalue weighted by atomic mass is 19.1. The van der Waals surface area contributed by atoms with E-state index in [0.29, 0.717) is 22.4 Å². The zero-order chi connectivity index (χ0) is 29.0. The Morgan fingerprint density at radius 1 is 0.850 bits per heavy atom. The molecule has 0 saturated carbocycles. The van der Waals surface area contributed by atoms with Crippen molar-refractivity contribution in [1.82, 2.24) is 0 Å². The van der Waals surface area contributed by atoms with Gasteiger partial charge < -0.3 is 19.9 Å². The van der Waals surface area contributed by atoms with E-state index < -0.39 is 29.6 Å². The van der Waals surface area contributed by atoms with Gasteiger partial charge in [0.2, 0.25) is 0 Å². The second-order valence-electron chi connectivity index (χ2n) is 8.57. The molecular weight excluding hydrogens is 517 g/mol. The van der Waals surface area contributed by atoms with Crippen LogP contribution < -0.4 is 10.6 Å². The highest BCUT2D eigenvalue weighted by Gasteiger charge is 2.43. The summed E-state index contributed by atoms with van der Waals surface area (Å²) in [6.45, 7) is 0. The van der Waals surface area contributed by atoms with E-state index in [4.69, 9.17) is 15.2 Å². The third-order valence-electron chi connectivity index (χ3n) is 6.42. The summed E-state index contributed by atoms with van der Waals surface area (Å²) in [7, 11) is 3.47. The average Bonchev–Trinajstić information content (AvgIpc) is 2.99. The van der Waals surface area contributed by atoms with Crippen LogP contribution in [-0.2, 0) is 23.8 Å². The Hall–Kier alpha value is -5.43. The minimum Gasteiger partial charge on any atom is -0.466 e. The van der Waals surface area contributed by atoms with Crippen LogP contribution in [0.4, 0.5) is 10.1 Å². The summed E-state index contributed by atoms with van der Waals surface area (Å²) in [4.78, 5) is 39.8. The van der Waals surface area contributed by atoms with Gasteiger partial charge in [0.15, 0.2) is 0 Å². The molecule has 1 aliphatic rings. The molecule has 0 bridgehead atoms. The van der Waals surface area contributed by atoms with E-state index in [-0.39, 0.29) is 28.2 Å². The molecule has 3 aromatic rings. The first-order valence-corrected chi connectivity index (χ1v) is 11.9. The van der Waals surface area contributed by atoms with E-state index in [0.717, 1.165) is 20.3 Å². The number of nitrogens with zero attached hydrogens (tertiary/aromatic N) is 2. The van der Waals surface area contributed by atoms with Crippen molar-refractivity contribution < 1.29 is 33.0 Å².